The van der Waals surface area contributed by atoms with Gasteiger partial charge in [0.25, 0.3) is 0 Å². The first kappa shape index (κ1) is 20.7. The molecule has 3 heterocycles. The Kier molecular flexibility index (Phi) is 7.42. The number of rotatable bonds is 5. The molecule has 0 radical (unpaired) electrons. The van der Waals surface area contributed by atoms with Crippen LogP contribution in [0.5, 0.6) is 0 Å². The number of nitrogens with zero attached hydrogens (tertiary/aromatic N) is 5. The molecule has 1 unspecified atom stereocenters. The summed E-state index contributed by atoms with van der Waals surface area (Å²) < 4.78 is 7.22. The average molecular weight is 473 g/mol. The van der Waals surface area contributed by atoms with Crippen molar-refractivity contribution in [3.05, 3.63) is 28.7 Å². The maximum atomic E-state index is 5.22. The fourth-order valence-corrected chi connectivity index (χ4v) is 3.23. The second-order valence-corrected chi connectivity index (χ2v) is 6.39. The third-order valence-electron chi connectivity index (χ3n) is 4.45. The van der Waals surface area contributed by atoms with Gasteiger partial charge in [0, 0.05) is 25.2 Å². The number of halogens is 1. The van der Waals surface area contributed by atoms with E-state index in [0.717, 1.165) is 67.0 Å². The first-order chi connectivity index (χ1) is 12.1. The van der Waals surface area contributed by atoms with E-state index in [1.165, 1.54) is 0 Å². The molecule has 1 aliphatic heterocycles. The van der Waals surface area contributed by atoms with Crippen LogP contribution in [-0.2, 0) is 13.0 Å². The fourth-order valence-electron chi connectivity index (χ4n) is 3.23. The number of guanidine groups is 1. The predicted octanol–water partition coefficient (Wildman–Crippen LogP) is 2.44. The molecule has 1 aliphatic rings. The van der Waals surface area contributed by atoms with Crippen molar-refractivity contribution in [1.82, 2.24) is 30.6 Å². The van der Waals surface area contributed by atoms with Crippen LogP contribution in [0.3, 0.4) is 0 Å². The predicted molar refractivity (Wildman–Crippen MR) is 111 cm³/mol. The molecule has 0 saturated heterocycles. The van der Waals surface area contributed by atoms with Crippen molar-refractivity contribution in [2.75, 3.05) is 13.1 Å². The van der Waals surface area contributed by atoms with Crippen LogP contribution in [0.1, 0.15) is 54.5 Å². The molecule has 26 heavy (non-hydrogen) atoms. The zero-order valence-electron chi connectivity index (χ0n) is 15.9. The van der Waals surface area contributed by atoms with Crippen LogP contribution in [0.25, 0.3) is 0 Å². The van der Waals surface area contributed by atoms with Crippen LogP contribution in [0.4, 0.5) is 0 Å². The summed E-state index contributed by atoms with van der Waals surface area (Å²) in [6.45, 7) is 10.3. The smallest absolute Gasteiger partial charge is 0.191 e. The molecule has 0 aromatic carbocycles. The molecule has 144 valence electrons. The monoisotopic (exact) mass is 473 g/mol. The number of aromatic nitrogens is 4. The number of aliphatic imine (C=N–C) groups is 1. The Bertz CT molecular complexity index is 733. The number of hydrogen-bond acceptors (Lipinski definition) is 5. The van der Waals surface area contributed by atoms with Gasteiger partial charge in [0.15, 0.2) is 5.96 Å². The minimum atomic E-state index is 0. The summed E-state index contributed by atoms with van der Waals surface area (Å²) in [7, 11) is 0. The lowest BCUT2D eigenvalue weighted by Gasteiger charge is -2.25. The van der Waals surface area contributed by atoms with E-state index in [-0.39, 0.29) is 30.0 Å². The highest BCUT2D eigenvalue weighted by Crippen LogP contribution is 2.22. The molecule has 0 fully saturated rings. The molecule has 1 atom stereocenters. The summed E-state index contributed by atoms with van der Waals surface area (Å²) in [4.78, 5) is 9.29. The van der Waals surface area contributed by atoms with Gasteiger partial charge in [0.1, 0.15) is 17.4 Å². The SMILES string of the molecule is CCNC(=NCCc1c(C)noc1C)NC1CCCn2nc(C)nc21.I. The van der Waals surface area contributed by atoms with E-state index >= 15 is 0 Å². The van der Waals surface area contributed by atoms with E-state index in [9.17, 15) is 0 Å². The van der Waals surface area contributed by atoms with Gasteiger partial charge < -0.3 is 15.2 Å². The lowest BCUT2D eigenvalue weighted by atomic mass is 10.1. The number of hydrogen-bond donors (Lipinski definition) is 2. The van der Waals surface area contributed by atoms with Crippen molar-refractivity contribution in [3.8, 4) is 0 Å². The molecule has 0 bridgehead atoms. The maximum Gasteiger partial charge on any atom is 0.191 e. The van der Waals surface area contributed by atoms with Gasteiger partial charge in [-0.15, -0.1) is 24.0 Å². The van der Waals surface area contributed by atoms with Crippen molar-refractivity contribution in [2.45, 2.75) is 59.5 Å². The van der Waals surface area contributed by atoms with Gasteiger partial charge in [0.2, 0.25) is 0 Å². The Hall–Kier alpha value is -1.65. The first-order valence-electron chi connectivity index (χ1n) is 8.96. The lowest BCUT2D eigenvalue weighted by Crippen LogP contribution is -2.41. The van der Waals surface area contributed by atoms with E-state index in [0.29, 0.717) is 6.54 Å². The van der Waals surface area contributed by atoms with Crippen molar-refractivity contribution in [1.29, 1.82) is 0 Å². The van der Waals surface area contributed by atoms with Crippen molar-refractivity contribution < 1.29 is 4.52 Å². The van der Waals surface area contributed by atoms with Crippen LogP contribution in [0.15, 0.2) is 9.52 Å². The minimum Gasteiger partial charge on any atom is -0.361 e. The molecule has 0 aliphatic carbocycles. The molecule has 8 nitrogen and oxygen atoms in total. The van der Waals surface area contributed by atoms with E-state index in [1.54, 1.807) is 0 Å². The summed E-state index contributed by atoms with van der Waals surface area (Å²) in [6, 6.07) is 0.145. The van der Waals surface area contributed by atoms with E-state index in [2.05, 4.69) is 32.8 Å². The second-order valence-electron chi connectivity index (χ2n) is 6.39. The quantitative estimate of drug-likeness (QED) is 0.394. The van der Waals surface area contributed by atoms with Gasteiger partial charge in [-0.3, -0.25) is 4.99 Å². The molecule has 2 N–H and O–H groups in total. The zero-order valence-corrected chi connectivity index (χ0v) is 18.2. The highest BCUT2D eigenvalue weighted by Gasteiger charge is 2.24. The Balaban J connectivity index is 0.00000243. The van der Waals surface area contributed by atoms with E-state index in [4.69, 9.17) is 9.52 Å². The van der Waals surface area contributed by atoms with Crippen LogP contribution in [0, 0.1) is 20.8 Å². The summed E-state index contributed by atoms with van der Waals surface area (Å²) in [5.41, 5.74) is 2.09. The molecular formula is C17H28IN7O. The molecule has 0 spiro atoms. The molecule has 2 aromatic heterocycles. The van der Waals surface area contributed by atoms with Crippen LogP contribution in [-0.4, -0.2) is 39.0 Å². The van der Waals surface area contributed by atoms with Crippen molar-refractivity contribution in [2.24, 2.45) is 4.99 Å². The van der Waals surface area contributed by atoms with Gasteiger partial charge in [0.05, 0.1) is 11.7 Å². The zero-order chi connectivity index (χ0) is 17.8. The number of aryl methyl sites for hydroxylation is 4. The summed E-state index contributed by atoms with van der Waals surface area (Å²) in [6.07, 6.45) is 2.94. The van der Waals surface area contributed by atoms with E-state index < -0.39 is 0 Å². The fraction of sp³-hybridized carbons (Fsp3) is 0.647. The average Bonchev–Trinajstić information content (AvgIpc) is 3.11. The van der Waals surface area contributed by atoms with Crippen molar-refractivity contribution in [3.63, 3.8) is 0 Å². The van der Waals surface area contributed by atoms with Gasteiger partial charge in [-0.25, -0.2) is 9.67 Å². The second kappa shape index (κ2) is 9.33. The normalized spacial score (nSPS) is 16.8. The third-order valence-corrected chi connectivity index (χ3v) is 4.45. The topological polar surface area (TPSA) is 93.2 Å². The highest BCUT2D eigenvalue weighted by atomic mass is 127. The standard InChI is InChI=1S/C17H27N7O.HI/c1-5-18-17(19-9-8-14-11(2)23-25-12(14)3)21-15-7-6-10-24-16(15)20-13(4)22-24;/h15H,5-10H2,1-4H3,(H2,18,19,21);1H. The Labute approximate surface area is 171 Å². The Morgan fingerprint density at radius 3 is 2.85 bits per heavy atom. The van der Waals surface area contributed by atoms with Crippen LogP contribution in [0.2, 0.25) is 0 Å². The van der Waals surface area contributed by atoms with Gasteiger partial charge in [-0.2, -0.15) is 5.10 Å². The van der Waals surface area contributed by atoms with Gasteiger partial charge in [-0.1, -0.05) is 5.16 Å². The van der Waals surface area contributed by atoms with E-state index in [1.807, 2.05) is 25.5 Å². The molecule has 0 amide bonds. The minimum absolute atomic E-state index is 0. The van der Waals surface area contributed by atoms with Crippen LogP contribution >= 0.6 is 24.0 Å². The Morgan fingerprint density at radius 1 is 1.35 bits per heavy atom. The molecule has 9 heteroatoms. The van der Waals surface area contributed by atoms with Gasteiger partial charge >= 0.3 is 0 Å². The molecule has 2 aromatic rings. The Morgan fingerprint density at radius 2 is 2.15 bits per heavy atom. The highest BCUT2D eigenvalue weighted by molar-refractivity contribution is 14.0. The van der Waals surface area contributed by atoms with Crippen molar-refractivity contribution >= 4 is 29.9 Å². The van der Waals surface area contributed by atoms with Crippen LogP contribution < -0.4 is 10.6 Å². The summed E-state index contributed by atoms with van der Waals surface area (Å²) >= 11 is 0. The summed E-state index contributed by atoms with van der Waals surface area (Å²) in [5, 5.41) is 15.3. The maximum absolute atomic E-state index is 5.22. The number of nitrogens with one attached hydrogen (secondary N) is 2. The molecule has 3 rings (SSSR count). The first-order valence-corrected chi connectivity index (χ1v) is 8.96. The van der Waals surface area contributed by atoms with Gasteiger partial charge in [-0.05, 0) is 47.0 Å². The largest absolute Gasteiger partial charge is 0.361 e. The number of fused-ring (bicyclic) bond motifs is 1. The lowest BCUT2D eigenvalue weighted by molar-refractivity contribution is 0.392. The third kappa shape index (κ3) is 4.74. The molecular weight excluding hydrogens is 445 g/mol. The molecule has 0 saturated carbocycles. The summed E-state index contributed by atoms with van der Waals surface area (Å²) in [5.74, 6) is 3.51.